The first-order chi connectivity index (χ1) is 14.4. The Morgan fingerprint density at radius 3 is 1.13 bits per heavy atom. The molecule has 4 heteroatoms. The van der Waals surface area contributed by atoms with Gasteiger partial charge in [-0.2, -0.15) is 0 Å². The lowest BCUT2D eigenvalue weighted by molar-refractivity contribution is 0.175. The molecule has 0 aromatic heterocycles. The van der Waals surface area contributed by atoms with Crippen LogP contribution in [-0.4, -0.2) is 15.9 Å². The molecule has 0 spiro atoms. The normalized spacial score (nSPS) is 12.6. The largest absolute Gasteiger partial charge is 0.325 e. The van der Waals surface area contributed by atoms with Crippen molar-refractivity contribution < 1.29 is 14.4 Å². The fourth-order valence-corrected chi connectivity index (χ4v) is 5.45. The van der Waals surface area contributed by atoms with E-state index in [0.29, 0.717) is 11.8 Å². The van der Waals surface area contributed by atoms with E-state index in [4.69, 9.17) is 9.79 Å². The minimum absolute atomic E-state index is 0.0591. The molecule has 182 valence electrons. The van der Waals surface area contributed by atoms with Crippen molar-refractivity contribution in [3.63, 3.8) is 0 Å². The van der Waals surface area contributed by atoms with Crippen LogP contribution in [0.15, 0.2) is 0 Å². The van der Waals surface area contributed by atoms with E-state index in [-0.39, 0.29) is 6.16 Å². The maximum absolute atomic E-state index is 10.8. The Balaban J connectivity index is 3.83. The van der Waals surface area contributed by atoms with Gasteiger partial charge in [-0.3, -0.25) is 4.57 Å². The lowest BCUT2D eigenvalue weighted by Crippen LogP contribution is -2.21. The van der Waals surface area contributed by atoms with E-state index in [2.05, 4.69) is 20.8 Å². The van der Waals surface area contributed by atoms with Crippen LogP contribution in [0.1, 0.15) is 156 Å². The van der Waals surface area contributed by atoms with Crippen LogP contribution < -0.4 is 0 Å². The summed E-state index contributed by atoms with van der Waals surface area (Å²) >= 11 is 0. The molecule has 0 aliphatic rings. The Bertz CT molecular complexity index is 383. The zero-order valence-electron chi connectivity index (χ0n) is 20.8. The molecule has 0 aliphatic carbocycles. The zero-order chi connectivity index (χ0) is 22.6. The average Bonchev–Trinajstić information content (AvgIpc) is 2.71. The van der Waals surface area contributed by atoms with Crippen molar-refractivity contribution in [2.24, 2.45) is 5.41 Å². The van der Waals surface area contributed by atoms with Gasteiger partial charge in [0.2, 0.25) is 0 Å². The van der Waals surface area contributed by atoms with Gasteiger partial charge in [-0.15, -0.1) is 0 Å². The number of rotatable bonds is 23. The van der Waals surface area contributed by atoms with Gasteiger partial charge in [0, 0.05) is 6.16 Å². The van der Waals surface area contributed by atoms with Crippen LogP contribution in [0.25, 0.3) is 0 Å². The van der Waals surface area contributed by atoms with Crippen molar-refractivity contribution in [3.8, 4) is 0 Å². The molecule has 0 saturated carbocycles. The van der Waals surface area contributed by atoms with E-state index >= 15 is 0 Å². The Labute approximate surface area is 189 Å². The summed E-state index contributed by atoms with van der Waals surface area (Å²) in [6.07, 6.45) is 27.7. The molecular formula is C26H55O3P. The summed E-state index contributed by atoms with van der Waals surface area (Å²) in [5, 5.41) is 0. The summed E-state index contributed by atoms with van der Waals surface area (Å²) in [5.41, 5.74) is 0.641. The second kappa shape index (κ2) is 19.8. The van der Waals surface area contributed by atoms with Crippen molar-refractivity contribution in [1.29, 1.82) is 0 Å². The standard InChI is InChI=1S/C26H55O3P/c1-4-7-21-26(22-8-5-2,23-9-6-3)24-19-17-15-13-11-10-12-14-16-18-20-25-30(27,28)29/h4-25H2,1-3H3,(H2,27,28,29). The second-order valence-electron chi connectivity index (χ2n) is 9.84. The van der Waals surface area contributed by atoms with Crippen LogP contribution in [0.2, 0.25) is 0 Å². The fourth-order valence-electron chi connectivity index (χ4n) is 4.81. The predicted molar refractivity (Wildman–Crippen MR) is 133 cm³/mol. The topological polar surface area (TPSA) is 57.5 Å². The van der Waals surface area contributed by atoms with Crippen LogP contribution in [0, 0.1) is 5.41 Å². The average molecular weight is 447 g/mol. The van der Waals surface area contributed by atoms with Gasteiger partial charge in [0.05, 0.1) is 0 Å². The summed E-state index contributed by atoms with van der Waals surface area (Å²) in [6, 6.07) is 0. The first-order valence-corrected chi connectivity index (χ1v) is 15.2. The quantitative estimate of drug-likeness (QED) is 0.121. The molecule has 0 atom stereocenters. The molecule has 0 saturated heterocycles. The number of unbranched alkanes of at least 4 members (excludes halogenated alkanes) is 13. The van der Waals surface area contributed by atoms with Gasteiger partial charge >= 0.3 is 7.60 Å². The van der Waals surface area contributed by atoms with Gasteiger partial charge in [0.15, 0.2) is 0 Å². The first kappa shape index (κ1) is 30.1. The second-order valence-corrected chi connectivity index (χ2v) is 11.6. The molecule has 0 aromatic rings. The third kappa shape index (κ3) is 18.9. The van der Waals surface area contributed by atoms with Crippen molar-refractivity contribution in [2.75, 3.05) is 6.16 Å². The Hall–Kier alpha value is 0.150. The maximum Gasteiger partial charge on any atom is 0.325 e. The Morgan fingerprint density at radius 1 is 0.500 bits per heavy atom. The van der Waals surface area contributed by atoms with Crippen LogP contribution in [0.5, 0.6) is 0 Å². The van der Waals surface area contributed by atoms with E-state index in [1.807, 2.05) is 0 Å². The molecule has 0 radical (unpaired) electrons. The van der Waals surface area contributed by atoms with E-state index < -0.39 is 7.60 Å². The lowest BCUT2D eigenvalue weighted by atomic mass is 9.71. The van der Waals surface area contributed by atoms with Gasteiger partial charge < -0.3 is 9.79 Å². The molecule has 0 fully saturated rings. The van der Waals surface area contributed by atoms with Crippen molar-refractivity contribution in [3.05, 3.63) is 0 Å². The lowest BCUT2D eigenvalue weighted by Gasteiger charge is -2.35. The van der Waals surface area contributed by atoms with Crippen LogP contribution in [-0.2, 0) is 4.57 Å². The highest BCUT2D eigenvalue weighted by Gasteiger charge is 2.27. The van der Waals surface area contributed by atoms with Crippen molar-refractivity contribution in [1.82, 2.24) is 0 Å². The fraction of sp³-hybridized carbons (Fsp3) is 1.00. The van der Waals surface area contributed by atoms with E-state index in [0.717, 1.165) is 12.8 Å². The molecule has 0 unspecified atom stereocenters. The summed E-state index contributed by atoms with van der Waals surface area (Å²) in [6.45, 7) is 7.02. The third-order valence-electron chi connectivity index (χ3n) is 6.84. The van der Waals surface area contributed by atoms with Gasteiger partial charge in [0.25, 0.3) is 0 Å². The molecule has 0 aliphatic heterocycles. The molecule has 3 nitrogen and oxygen atoms in total. The number of hydrogen-bond acceptors (Lipinski definition) is 1. The summed E-state index contributed by atoms with van der Waals surface area (Å²) in [5.74, 6) is 0. The first-order valence-electron chi connectivity index (χ1n) is 13.4. The molecule has 0 heterocycles. The van der Waals surface area contributed by atoms with Crippen molar-refractivity contribution in [2.45, 2.75) is 156 Å². The van der Waals surface area contributed by atoms with Crippen LogP contribution in [0.3, 0.4) is 0 Å². The van der Waals surface area contributed by atoms with Crippen molar-refractivity contribution >= 4 is 7.60 Å². The highest BCUT2D eigenvalue weighted by Crippen LogP contribution is 2.41. The molecule has 0 amide bonds. The minimum Gasteiger partial charge on any atom is -0.324 e. The van der Waals surface area contributed by atoms with Crippen LogP contribution in [0.4, 0.5) is 0 Å². The SMILES string of the molecule is CCCCC(CCCC)(CCCC)CCCCCCCCCCCCCP(=O)(O)O. The Kier molecular flexibility index (Phi) is 19.9. The van der Waals surface area contributed by atoms with Gasteiger partial charge in [-0.1, -0.05) is 124 Å². The zero-order valence-corrected chi connectivity index (χ0v) is 21.7. The highest BCUT2D eigenvalue weighted by atomic mass is 31.2. The third-order valence-corrected chi connectivity index (χ3v) is 7.74. The molecule has 0 bridgehead atoms. The van der Waals surface area contributed by atoms with Gasteiger partial charge in [0.1, 0.15) is 0 Å². The predicted octanol–water partition coefficient (Wildman–Crippen LogP) is 9.40. The van der Waals surface area contributed by atoms with E-state index in [9.17, 15) is 4.57 Å². The van der Waals surface area contributed by atoms with Gasteiger partial charge in [-0.05, 0) is 37.5 Å². The maximum atomic E-state index is 10.8. The molecule has 0 aromatic carbocycles. The molecule has 30 heavy (non-hydrogen) atoms. The van der Waals surface area contributed by atoms with Gasteiger partial charge in [-0.25, -0.2) is 0 Å². The van der Waals surface area contributed by atoms with E-state index in [1.54, 1.807) is 0 Å². The summed E-state index contributed by atoms with van der Waals surface area (Å²) in [7, 11) is -3.77. The highest BCUT2D eigenvalue weighted by molar-refractivity contribution is 7.51. The summed E-state index contributed by atoms with van der Waals surface area (Å²) in [4.78, 5) is 17.7. The Morgan fingerprint density at radius 2 is 0.800 bits per heavy atom. The minimum atomic E-state index is -3.77. The monoisotopic (exact) mass is 446 g/mol. The smallest absolute Gasteiger partial charge is 0.324 e. The molecule has 2 N–H and O–H groups in total. The molecule has 0 rings (SSSR count). The van der Waals surface area contributed by atoms with Crippen LogP contribution >= 0.6 is 7.60 Å². The van der Waals surface area contributed by atoms with E-state index in [1.165, 1.54) is 116 Å². The number of hydrogen-bond donors (Lipinski definition) is 2. The molecular weight excluding hydrogens is 391 g/mol. The summed E-state index contributed by atoms with van der Waals surface area (Å²) < 4.78 is 10.8.